The van der Waals surface area contributed by atoms with Gasteiger partial charge in [0.05, 0.1) is 23.2 Å². The van der Waals surface area contributed by atoms with E-state index in [1.54, 1.807) is 18.2 Å². The van der Waals surface area contributed by atoms with Crippen LogP contribution in [0.15, 0.2) is 67.4 Å². The summed E-state index contributed by atoms with van der Waals surface area (Å²) in [5.74, 6) is -0.364. The number of rotatable bonds is 5. The number of carbonyl (C=O) groups excluding carboxylic acids is 1. The summed E-state index contributed by atoms with van der Waals surface area (Å²) in [5.41, 5.74) is 3.84. The van der Waals surface area contributed by atoms with Crippen molar-refractivity contribution in [1.82, 2.24) is 9.99 Å². The lowest BCUT2D eigenvalue weighted by molar-refractivity contribution is 0.0954. The molecule has 3 rings (SSSR count). The van der Waals surface area contributed by atoms with Crippen molar-refractivity contribution < 1.29 is 4.79 Å². The van der Waals surface area contributed by atoms with Gasteiger partial charge in [0, 0.05) is 8.95 Å². The Labute approximate surface area is 180 Å². The van der Waals surface area contributed by atoms with Crippen LogP contribution in [0.5, 0.6) is 0 Å². The second-order valence-electron chi connectivity index (χ2n) is 5.41. The van der Waals surface area contributed by atoms with E-state index >= 15 is 0 Å². The van der Waals surface area contributed by atoms with Gasteiger partial charge in [-0.1, -0.05) is 63.1 Å². The average Bonchev–Trinajstić information content (AvgIpc) is 2.91. The van der Waals surface area contributed by atoms with Crippen LogP contribution in [0.25, 0.3) is 0 Å². The molecule has 0 saturated heterocycles. The SMILES string of the molecule is O=C(N/N=C\c1sc(=O)n(Cc2ccc(Br)cc2)c1Cl)c1ccccc1Br. The first-order valence-corrected chi connectivity index (χ1v) is 10.5. The fourth-order valence-corrected chi connectivity index (χ4v) is 4.08. The fourth-order valence-electron chi connectivity index (χ4n) is 2.25. The Hall–Kier alpha value is -1.74. The van der Waals surface area contributed by atoms with Gasteiger partial charge in [-0.15, -0.1) is 0 Å². The number of carbonyl (C=O) groups is 1. The van der Waals surface area contributed by atoms with Gasteiger partial charge in [-0.2, -0.15) is 5.10 Å². The lowest BCUT2D eigenvalue weighted by Crippen LogP contribution is -2.18. The molecule has 0 spiro atoms. The Morgan fingerprint density at radius 2 is 1.89 bits per heavy atom. The van der Waals surface area contributed by atoms with Crippen molar-refractivity contribution in [1.29, 1.82) is 0 Å². The molecule has 0 aliphatic carbocycles. The molecule has 1 aromatic heterocycles. The molecule has 0 atom stereocenters. The van der Waals surface area contributed by atoms with Gasteiger partial charge in [0.1, 0.15) is 5.15 Å². The summed E-state index contributed by atoms with van der Waals surface area (Å²) >= 11 is 14.0. The molecule has 9 heteroatoms. The van der Waals surface area contributed by atoms with Crippen LogP contribution in [0.4, 0.5) is 0 Å². The Kier molecular flexibility index (Phi) is 6.64. The largest absolute Gasteiger partial charge is 0.309 e. The minimum atomic E-state index is -0.364. The first-order valence-electron chi connectivity index (χ1n) is 7.67. The lowest BCUT2D eigenvalue weighted by Gasteiger charge is -2.04. The van der Waals surface area contributed by atoms with Crippen molar-refractivity contribution in [2.75, 3.05) is 0 Å². The average molecular weight is 530 g/mol. The van der Waals surface area contributed by atoms with Gasteiger partial charge in [-0.05, 0) is 45.8 Å². The second kappa shape index (κ2) is 8.97. The van der Waals surface area contributed by atoms with Gasteiger partial charge in [0.15, 0.2) is 0 Å². The number of nitrogens with zero attached hydrogens (tertiary/aromatic N) is 2. The molecule has 138 valence electrons. The van der Waals surface area contributed by atoms with Crippen LogP contribution in [0.1, 0.15) is 20.8 Å². The molecule has 0 saturated carbocycles. The number of hydrogen-bond donors (Lipinski definition) is 1. The van der Waals surface area contributed by atoms with E-state index in [2.05, 4.69) is 42.4 Å². The van der Waals surface area contributed by atoms with Gasteiger partial charge < -0.3 is 0 Å². The van der Waals surface area contributed by atoms with Crippen LogP contribution in [-0.2, 0) is 6.54 Å². The zero-order chi connectivity index (χ0) is 19.4. The Morgan fingerprint density at radius 1 is 1.19 bits per heavy atom. The van der Waals surface area contributed by atoms with Crippen LogP contribution in [0.2, 0.25) is 5.15 Å². The maximum atomic E-state index is 12.2. The number of thiazole rings is 1. The third kappa shape index (κ3) is 4.95. The molecule has 0 fully saturated rings. The highest BCUT2D eigenvalue weighted by Gasteiger charge is 2.13. The molecule has 1 amide bonds. The standard InChI is InChI=1S/C18H12Br2ClN3O2S/c19-12-7-5-11(6-8-12)10-24-16(21)15(27-18(24)26)9-22-23-17(25)13-3-1-2-4-14(13)20/h1-9H,10H2,(H,23,25)/b22-9-. The molecule has 27 heavy (non-hydrogen) atoms. The topological polar surface area (TPSA) is 63.5 Å². The van der Waals surface area contributed by atoms with Crippen LogP contribution in [-0.4, -0.2) is 16.7 Å². The predicted octanol–water partition coefficient (Wildman–Crippen LogP) is 4.90. The maximum Gasteiger partial charge on any atom is 0.309 e. The third-order valence-corrected chi connectivity index (χ3v) is 6.23. The van der Waals surface area contributed by atoms with Crippen LogP contribution in [0, 0.1) is 0 Å². The number of benzene rings is 2. The lowest BCUT2D eigenvalue weighted by atomic mass is 10.2. The summed E-state index contributed by atoms with van der Waals surface area (Å²) in [5, 5.41) is 4.20. The molecule has 5 nitrogen and oxygen atoms in total. The van der Waals surface area contributed by atoms with Gasteiger partial charge in [0.25, 0.3) is 5.91 Å². The summed E-state index contributed by atoms with van der Waals surface area (Å²) in [6.45, 7) is 0.360. The maximum absolute atomic E-state index is 12.2. The number of hydrazone groups is 1. The molecular weight excluding hydrogens is 518 g/mol. The van der Waals surface area contributed by atoms with Gasteiger partial charge in [0.2, 0.25) is 0 Å². The number of halogens is 3. The minimum Gasteiger partial charge on any atom is -0.284 e. The fraction of sp³-hybridized carbons (Fsp3) is 0.0556. The smallest absolute Gasteiger partial charge is 0.284 e. The molecule has 3 aromatic rings. The van der Waals surface area contributed by atoms with Gasteiger partial charge >= 0.3 is 4.87 Å². The summed E-state index contributed by atoms with van der Waals surface area (Å²) in [6.07, 6.45) is 1.38. The highest BCUT2D eigenvalue weighted by atomic mass is 79.9. The van der Waals surface area contributed by atoms with Crippen molar-refractivity contribution in [3.05, 3.63) is 88.3 Å². The highest BCUT2D eigenvalue weighted by molar-refractivity contribution is 9.10. The Bertz CT molecular complexity index is 1060. The van der Waals surface area contributed by atoms with E-state index in [9.17, 15) is 9.59 Å². The van der Waals surface area contributed by atoms with E-state index in [0.29, 0.717) is 21.5 Å². The Balaban J connectivity index is 1.73. The van der Waals surface area contributed by atoms with Crippen LogP contribution in [0.3, 0.4) is 0 Å². The van der Waals surface area contributed by atoms with Gasteiger partial charge in [-0.3, -0.25) is 14.2 Å². The molecule has 0 aliphatic rings. The van der Waals surface area contributed by atoms with Crippen molar-refractivity contribution >= 4 is 66.9 Å². The number of amides is 1. The molecule has 0 bridgehead atoms. The van der Waals surface area contributed by atoms with E-state index in [4.69, 9.17) is 11.6 Å². The second-order valence-corrected chi connectivity index (χ2v) is 8.54. The first-order chi connectivity index (χ1) is 13.0. The number of hydrogen-bond acceptors (Lipinski definition) is 4. The van der Waals surface area contributed by atoms with Crippen molar-refractivity contribution in [2.24, 2.45) is 5.10 Å². The van der Waals surface area contributed by atoms with Crippen LogP contribution >= 0.6 is 54.8 Å². The van der Waals surface area contributed by atoms with Gasteiger partial charge in [-0.25, -0.2) is 5.43 Å². The predicted molar refractivity (Wildman–Crippen MR) is 116 cm³/mol. The Morgan fingerprint density at radius 3 is 2.59 bits per heavy atom. The molecule has 0 unspecified atom stereocenters. The summed E-state index contributed by atoms with van der Waals surface area (Å²) in [6, 6.07) is 14.6. The van der Waals surface area contributed by atoms with E-state index in [1.165, 1.54) is 10.8 Å². The zero-order valence-corrected chi connectivity index (χ0v) is 18.4. The summed E-state index contributed by atoms with van der Waals surface area (Å²) < 4.78 is 3.09. The van der Waals surface area contributed by atoms with Crippen molar-refractivity contribution in [3.63, 3.8) is 0 Å². The van der Waals surface area contributed by atoms with E-state index < -0.39 is 0 Å². The van der Waals surface area contributed by atoms with Crippen LogP contribution < -0.4 is 10.3 Å². The quantitative estimate of drug-likeness (QED) is 0.378. The minimum absolute atomic E-state index is 0.193. The van der Waals surface area contributed by atoms with E-state index in [0.717, 1.165) is 21.4 Å². The molecule has 2 aromatic carbocycles. The molecule has 0 radical (unpaired) electrons. The van der Waals surface area contributed by atoms with E-state index in [-0.39, 0.29) is 15.9 Å². The molecule has 0 aliphatic heterocycles. The van der Waals surface area contributed by atoms with Crippen molar-refractivity contribution in [2.45, 2.75) is 6.54 Å². The number of aromatic nitrogens is 1. The normalized spacial score (nSPS) is 11.1. The molecule has 1 N–H and O–H groups in total. The zero-order valence-electron chi connectivity index (χ0n) is 13.7. The molecule has 1 heterocycles. The molecular formula is C18H12Br2ClN3O2S. The van der Waals surface area contributed by atoms with Crippen molar-refractivity contribution in [3.8, 4) is 0 Å². The third-order valence-electron chi connectivity index (χ3n) is 3.58. The first kappa shape index (κ1) is 20.0. The monoisotopic (exact) mass is 527 g/mol. The van der Waals surface area contributed by atoms with E-state index in [1.807, 2.05) is 30.3 Å². The summed E-state index contributed by atoms with van der Waals surface area (Å²) in [7, 11) is 0. The number of nitrogens with one attached hydrogen (secondary N) is 1. The summed E-state index contributed by atoms with van der Waals surface area (Å²) in [4.78, 5) is 24.6. The highest BCUT2D eigenvalue weighted by Crippen LogP contribution is 2.19.